The Balaban J connectivity index is 1.28. The quantitative estimate of drug-likeness (QED) is 0.0285. The molecule has 8 aromatic carbocycles. The molecule has 0 radical (unpaired) electrons. The molecule has 84 heavy (non-hydrogen) atoms. The Morgan fingerprint density at radius 2 is 0.619 bits per heavy atom. The van der Waals surface area contributed by atoms with Crippen molar-refractivity contribution in [2.45, 2.75) is 59.3 Å². The maximum Gasteiger partial charge on any atom is 0.271 e. The van der Waals surface area contributed by atoms with Gasteiger partial charge in [-0.25, -0.2) is 0 Å². The molecule has 8 aromatic rings. The predicted molar refractivity (Wildman–Crippen MR) is 312 cm³/mol. The van der Waals surface area contributed by atoms with E-state index in [2.05, 4.69) is 40.9 Å². The number of aromatic hydroxyl groups is 1. The number of nitro benzene ring substituents is 4. The summed E-state index contributed by atoms with van der Waals surface area (Å²) >= 11 is 0. The van der Waals surface area contributed by atoms with E-state index in [1.807, 2.05) is 20.8 Å². The topological polar surface area (TPSA) is 319 Å². The van der Waals surface area contributed by atoms with Crippen LogP contribution in [0.3, 0.4) is 0 Å². The lowest BCUT2D eigenvalue weighted by Crippen LogP contribution is -2.06. The van der Waals surface area contributed by atoms with Gasteiger partial charge in [0.2, 0.25) is 0 Å². The van der Waals surface area contributed by atoms with Crippen molar-refractivity contribution in [2.24, 2.45) is 40.9 Å². The van der Waals surface area contributed by atoms with Crippen molar-refractivity contribution >= 4 is 68.2 Å². The maximum atomic E-state index is 12.6. The zero-order valence-corrected chi connectivity index (χ0v) is 45.7. The summed E-state index contributed by atoms with van der Waals surface area (Å²) in [6.45, 7) is 6.87. The lowest BCUT2D eigenvalue weighted by atomic mass is 9.93. The summed E-state index contributed by atoms with van der Waals surface area (Å²) in [4.78, 5) is 44.3. The number of non-ortho nitro benzene ring substituents is 4. The number of ether oxygens (including phenoxy) is 3. The van der Waals surface area contributed by atoms with Crippen LogP contribution in [0.15, 0.2) is 199 Å². The van der Waals surface area contributed by atoms with E-state index >= 15 is 0 Å². The Morgan fingerprint density at radius 3 is 0.952 bits per heavy atom. The molecular formula is C60H54N12O12. The molecule has 0 bridgehead atoms. The fourth-order valence-electron chi connectivity index (χ4n) is 8.51. The molecule has 0 saturated carbocycles. The van der Waals surface area contributed by atoms with Crippen molar-refractivity contribution in [1.29, 1.82) is 0 Å². The summed E-state index contributed by atoms with van der Waals surface area (Å²) in [5.74, 6) is 1.30. The Labute approximate surface area is 480 Å². The van der Waals surface area contributed by atoms with Crippen molar-refractivity contribution in [3.05, 3.63) is 232 Å². The molecule has 0 fully saturated rings. The van der Waals surface area contributed by atoms with E-state index < -0.39 is 19.7 Å². The maximum absolute atomic E-state index is 12.6. The molecule has 8 rings (SSSR count). The Bertz CT molecular complexity index is 3870. The number of nitro groups is 4. The molecule has 0 aromatic heterocycles. The molecule has 0 aliphatic heterocycles. The fourth-order valence-corrected chi connectivity index (χ4v) is 8.51. The molecule has 0 aliphatic rings. The third-order valence-electron chi connectivity index (χ3n) is 12.4. The molecule has 0 spiro atoms. The van der Waals surface area contributed by atoms with Crippen LogP contribution in [0.2, 0.25) is 0 Å². The van der Waals surface area contributed by atoms with Gasteiger partial charge >= 0.3 is 0 Å². The van der Waals surface area contributed by atoms with Gasteiger partial charge in [-0.15, -0.1) is 0 Å². The third kappa shape index (κ3) is 16.1. The fraction of sp³-hybridized carbons (Fsp3) is 0.200. The minimum atomic E-state index is -0.542. The van der Waals surface area contributed by atoms with E-state index in [0.717, 1.165) is 0 Å². The van der Waals surface area contributed by atoms with Gasteiger partial charge in [0, 0.05) is 101 Å². The molecule has 426 valence electrons. The van der Waals surface area contributed by atoms with E-state index in [0.29, 0.717) is 100 Å². The zero-order valence-electron chi connectivity index (χ0n) is 45.7. The molecule has 0 unspecified atom stereocenters. The highest BCUT2D eigenvalue weighted by Crippen LogP contribution is 2.41. The average Bonchev–Trinajstić information content (AvgIpc) is 3.67. The van der Waals surface area contributed by atoms with Gasteiger partial charge in [-0.3, -0.25) is 40.5 Å². The van der Waals surface area contributed by atoms with Gasteiger partial charge in [0.1, 0.15) is 23.0 Å². The van der Waals surface area contributed by atoms with Crippen LogP contribution < -0.4 is 14.2 Å². The number of phenolic OH excluding ortho intramolecular Hbond substituents is 1. The van der Waals surface area contributed by atoms with E-state index in [4.69, 9.17) is 14.2 Å². The standard InChI is InChI=1S/C60H54N12O12/c1-4-23-82-57-21-19-49(65-61-45-11-7-15-53(35-45)69(74)75)29-39(57)26-41-31-51(67-63-47-13-9-17-55(37-47)71(78)79)32-42(59(41)73)28-44-34-52(68-64-48-14-10-18-56(38-48)72(80)81)33-43(60(44)84-25-6-3)27-40-30-50(20-22-58(40)83-24-5-2)66-62-46-12-8-16-54(36-46)70(76)77/h7-22,29-38,73H,4-6,23-28H2,1-3H3. The first-order chi connectivity index (χ1) is 40.7. The van der Waals surface area contributed by atoms with Gasteiger partial charge in [-0.1, -0.05) is 45.0 Å². The van der Waals surface area contributed by atoms with Crippen LogP contribution in [0, 0.1) is 40.5 Å². The summed E-state index contributed by atoms with van der Waals surface area (Å²) < 4.78 is 19.1. The predicted octanol–water partition coefficient (Wildman–Crippen LogP) is 17.8. The number of hydrogen-bond acceptors (Lipinski definition) is 20. The number of rotatable bonds is 27. The Hall–Kier alpha value is -11.0. The first kappa shape index (κ1) is 59.1. The molecule has 0 amide bonds. The van der Waals surface area contributed by atoms with Gasteiger partial charge in [0.25, 0.3) is 22.7 Å². The van der Waals surface area contributed by atoms with Crippen molar-refractivity contribution in [3.8, 4) is 23.0 Å². The van der Waals surface area contributed by atoms with Gasteiger partial charge in [-0.05, 0) is 104 Å². The molecule has 24 nitrogen and oxygen atoms in total. The Morgan fingerprint density at radius 1 is 0.345 bits per heavy atom. The van der Waals surface area contributed by atoms with Gasteiger partial charge in [-0.2, -0.15) is 40.9 Å². The number of hydrogen-bond donors (Lipinski definition) is 1. The highest BCUT2D eigenvalue weighted by molar-refractivity contribution is 5.62. The van der Waals surface area contributed by atoms with Crippen LogP contribution >= 0.6 is 0 Å². The molecular weight excluding hydrogens is 1080 g/mol. The number of phenols is 1. The summed E-state index contributed by atoms with van der Waals surface area (Å²) in [6, 6.07) is 40.0. The number of nitrogens with zero attached hydrogens (tertiary/aromatic N) is 12. The molecule has 0 saturated heterocycles. The largest absolute Gasteiger partial charge is 0.507 e. The molecule has 0 heterocycles. The number of azo groups is 4. The average molecular weight is 1140 g/mol. The SMILES string of the molecule is CCCOc1ccc(N=Nc2cccc([N+](=O)[O-])c2)cc1Cc1cc(N=Nc2cccc([N+](=O)[O-])c2)cc(Cc2cc(N=Nc3cccc([N+](=O)[O-])c3)cc(Cc3cc(N=Nc4cccc([N+](=O)[O-])c4)ccc3OCCC)c2OCCC)c1O. The second-order valence-electron chi connectivity index (χ2n) is 18.8. The van der Waals surface area contributed by atoms with E-state index in [1.165, 1.54) is 72.8 Å². The minimum Gasteiger partial charge on any atom is -0.507 e. The second kappa shape index (κ2) is 28.4. The van der Waals surface area contributed by atoms with Crippen LogP contribution in [0.1, 0.15) is 73.4 Å². The Kier molecular flexibility index (Phi) is 20.0. The van der Waals surface area contributed by atoms with Gasteiger partial charge in [0.15, 0.2) is 0 Å². The van der Waals surface area contributed by atoms with Crippen LogP contribution in [0.25, 0.3) is 0 Å². The van der Waals surface area contributed by atoms with Crippen LogP contribution in [0.4, 0.5) is 68.2 Å². The minimum absolute atomic E-state index is 0.0292. The lowest BCUT2D eigenvalue weighted by molar-refractivity contribution is -0.385. The van der Waals surface area contributed by atoms with Crippen molar-refractivity contribution < 1.29 is 39.0 Å². The number of benzene rings is 8. The van der Waals surface area contributed by atoms with Crippen LogP contribution in [0.5, 0.6) is 23.0 Å². The lowest BCUT2D eigenvalue weighted by Gasteiger charge is -2.20. The second-order valence-corrected chi connectivity index (χ2v) is 18.8. The zero-order chi connectivity index (χ0) is 59.5. The normalized spacial score (nSPS) is 11.5. The van der Waals surface area contributed by atoms with Crippen LogP contribution in [-0.4, -0.2) is 44.6 Å². The summed E-state index contributed by atoms with van der Waals surface area (Å²) in [6.07, 6.45) is 2.12. The first-order valence-corrected chi connectivity index (χ1v) is 26.5. The van der Waals surface area contributed by atoms with E-state index in [9.17, 15) is 45.6 Å². The smallest absolute Gasteiger partial charge is 0.271 e. The van der Waals surface area contributed by atoms with Crippen molar-refractivity contribution in [3.63, 3.8) is 0 Å². The van der Waals surface area contributed by atoms with Crippen molar-refractivity contribution in [1.82, 2.24) is 0 Å². The summed E-state index contributed by atoms with van der Waals surface area (Å²) in [5, 5.41) is 94.3. The van der Waals surface area contributed by atoms with Gasteiger partial charge < -0.3 is 19.3 Å². The molecule has 1 N–H and O–H groups in total. The highest BCUT2D eigenvalue weighted by atomic mass is 16.6. The third-order valence-corrected chi connectivity index (χ3v) is 12.4. The van der Waals surface area contributed by atoms with Crippen molar-refractivity contribution in [2.75, 3.05) is 19.8 Å². The monoisotopic (exact) mass is 1130 g/mol. The van der Waals surface area contributed by atoms with E-state index in [1.54, 1.807) is 84.9 Å². The molecule has 0 aliphatic carbocycles. The summed E-state index contributed by atoms with van der Waals surface area (Å²) in [7, 11) is 0. The highest BCUT2D eigenvalue weighted by Gasteiger charge is 2.21. The molecule has 0 atom stereocenters. The first-order valence-electron chi connectivity index (χ1n) is 26.5. The van der Waals surface area contributed by atoms with E-state index in [-0.39, 0.29) is 82.8 Å². The molecule has 24 heteroatoms. The summed E-state index contributed by atoms with van der Waals surface area (Å²) in [5.41, 5.74) is 4.64. The van der Waals surface area contributed by atoms with Gasteiger partial charge in [0.05, 0.1) is 85.0 Å². The van der Waals surface area contributed by atoms with Crippen LogP contribution in [-0.2, 0) is 19.3 Å².